The van der Waals surface area contributed by atoms with Crippen LogP contribution in [0.2, 0.25) is 0 Å². The number of aromatic nitrogens is 2. The Hall–Kier alpha value is -2.79. The molecule has 156 valence electrons. The molecule has 1 aromatic carbocycles. The lowest BCUT2D eigenvalue weighted by atomic mass is 10.1. The van der Waals surface area contributed by atoms with Crippen LogP contribution in [0.3, 0.4) is 0 Å². The smallest absolute Gasteiger partial charge is 0.302 e. The van der Waals surface area contributed by atoms with Crippen LogP contribution in [0.5, 0.6) is 0 Å². The highest BCUT2D eigenvalue weighted by atomic mass is 32.1. The number of anilines is 2. The van der Waals surface area contributed by atoms with Crippen molar-refractivity contribution in [1.82, 2.24) is 9.97 Å². The standard InChI is InChI=1S/C19H15F3N4O2S2/c20-19(21,22)12-4-1-3-11(7-12)14-10-29-17(24-14)25-15(27)8-13-9-30-18(23-13)26-6-2-5-16(26)28/h1,3-4,7,9-10H,2,5-6,8H2,(H,24,25,27). The molecule has 3 heterocycles. The number of hydrogen-bond acceptors (Lipinski definition) is 6. The molecule has 1 fully saturated rings. The molecule has 1 saturated heterocycles. The van der Waals surface area contributed by atoms with Gasteiger partial charge in [-0.2, -0.15) is 13.2 Å². The fraction of sp³-hybridized carbons (Fsp3) is 0.263. The SMILES string of the molecule is O=C(Cc1csc(N2CCCC2=O)n1)Nc1nc(-c2cccc(C(F)(F)F)c2)cs1. The number of thiazole rings is 2. The Labute approximate surface area is 177 Å². The number of benzene rings is 1. The molecule has 4 rings (SSSR count). The highest BCUT2D eigenvalue weighted by Crippen LogP contribution is 2.33. The van der Waals surface area contributed by atoms with Crippen molar-refractivity contribution in [2.24, 2.45) is 0 Å². The van der Waals surface area contributed by atoms with Crippen molar-refractivity contribution in [2.75, 3.05) is 16.8 Å². The van der Waals surface area contributed by atoms with Gasteiger partial charge in [0.15, 0.2) is 10.3 Å². The van der Waals surface area contributed by atoms with Crippen LogP contribution in [0.25, 0.3) is 11.3 Å². The molecule has 0 bridgehead atoms. The number of hydrogen-bond donors (Lipinski definition) is 1. The predicted molar refractivity (Wildman–Crippen MR) is 109 cm³/mol. The van der Waals surface area contributed by atoms with Crippen LogP contribution in [-0.2, 0) is 22.2 Å². The third-order valence-corrected chi connectivity index (χ3v) is 6.09. The van der Waals surface area contributed by atoms with Crippen molar-refractivity contribution in [1.29, 1.82) is 0 Å². The summed E-state index contributed by atoms with van der Waals surface area (Å²) in [6.07, 6.45) is -3.12. The number of nitrogens with zero attached hydrogens (tertiary/aromatic N) is 3. The van der Waals surface area contributed by atoms with E-state index < -0.39 is 11.7 Å². The minimum absolute atomic E-state index is 0.0109. The van der Waals surface area contributed by atoms with Gasteiger partial charge in [-0.15, -0.1) is 22.7 Å². The van der Waals surface area contributed by atoms with Gasteiger partial charge in [0.25, 0.3) is 0 Å². The molecule has 11 heteroatoms. The van der Waals surface area contributed by atoms with Crippen LogP contribution in [0, 0.1) is 0 Å². The molecule has 0 spiro atoms. The van der Waals surface area contributed by atoms with Gasteiger partial charge in [-0.25, -0.2) is 9.97 Å². The second-order valence-electron chi connectivity index (χ2n) is 6.61. The molecule has 0 unspecified atom stereocenters. The van der Waals surface area contributed by atoms with Crippen LogP contribution < -0.4 is 10.2 Å². The van der Waals surface area contributed by atoms with Crippen LogP contribution in [-0.4, -0.2) is 28.3 Å². The summed E-state index contributed by atoms with van der Waals surface area (Å²) in [4.78, 5) is 34.3. The summed E-state index contributed by atoms with van der Waals surface area (Å²) in [6.45, 7) is 0.634. The van der Waals surface area contributed by atoms with E-state index in [1.807, 2.05) is 0 Å². The van der Waals surface area contributed by atoms with Crippen molar-refractivity contribution in [3.63, 3.8) is 0 Å². The molecular weight excluding hydrogens is 437 g/mol. The number of carbonyl (C=O) groups excluding carboxylic acids is 2. The minimum Gasteiger partial charge on any atom is -0.302 e. The van der Waals surface area contributed by atoms with E-state index in [1.54, 1.807) is 15.7 Å². The van der Waals surface area contributed by atoms with Crippen molar-refractivity contribution in [2.45, 2.75) is 25.4 Å². The molecule has 1 aliphatic rings. The zero-order valence-electron chi connectivity index (χ0n) is 15.4. The first-order valence-corrected chi connectivity index (χ1v) is 10.7. The number of nitrogens with one attached hydrogen (secondary N) is 1. The van der Waals surface area contributed by atoms with Crippen LogP contribution in [0.4, 0.5) is 23.4 Å². The van der Waals surface area contributed by atoms with E-state index in [4.69, 9.17) is 0 Å². The number of rotatable bonds is 5. The first kappa shape index (κ1) is 20.5. The Morgan fingerprint density at radius 2 is 2.03 bits per heavy atom. The summed E-state index contributed by atoms with van der Waals surface area (Å²) in [5, 5.41) is 6.84. The van der Waals surface area contributed by atoms with Gasteiger partial charge in [0, 0.05) is 29.3 Å². The molecule has 0 radical (unpaired) electrons. The largest absolute Gasteiger partial charge is 0.416 e. The maximum Gasteiger partial charge on any atom is 0.416 e. The maximum atomic E-state index is 12.9. The molecule has 1 aliphatic heterocycles. The zero-order chi connectivity index (χ0) is 21.3. The lowest BCUT2D eigenvalue weighted by molar-refractivity contribution is -0.137. The van der Waals surface area contributed by atoms with Gasteiger partial charge < -0.3 is 5.32 Å². The van der Waals surface area contributed by atoms with E-state index >= 15 is 0 Å². The first-order chi connectivity index (χ1) is 14.3. The Balaban J connectivity index is 1.40. The highest BCUT2D eigenvalue weighted by molar-refractivity contribution is 7.14. The average Bonchev–Trinajstić information content (AvgIpc) is 3.42. The molecule has 2 aromatic heterocycles. The summed E-state index contributed by atoms with van der Waals surface area (Å²) >= 11 is 2.44. The molecule has 6 nitrogen and oxygen atoms in total. The fourth-order valence-electron chi connectivity index (χ4n) is 3.00. The third-order valence-electron chi connectivity index (χ3n) is 4.42. The molecule has 0 saturated carbocycles. The summed E-state index contributed by atoms with van der Waals surface area (Å²) in [6, 6.07) is 4.88. The molecule has 0 atom stereocenters. The van der Waals surface area contributed by atoms with E-state index in [9.17, 15) is 22.8 Å². The Morgan fingerprint density at radius 1 is 1.20 bits per heavy atom. The van der Waals surface area contributed by atoms with E-state index in [2.05, 4.69) is 15.3 Å². The zero-order valence-corrected chi connectivity index (χ0v) is 17.0. The first-order valence-electron chi connectivity index (χ1n) is 8.97. The second-order valence-corrected chi connectivity index (χ2v) is 8.31. The fourth-order valence-corrected chi connectivity index (χ4v) is 4.60. The summed E-state index contributed by atoms with van der Waals surface area (Å²) in [5.74, 6) is -0.310. The van der Waals surface area contributed by atoms with Gasteiger partial charge in [0.2, 0.25) is 11.8 Å². The Kier molecular flexibility index (Phi) is 5.56. The van der Waals surface area contributed by atoms with Crippen molar-refractivity contribution in [3.8, 4) is 11.3 Å². The lowest BCUT2D eigenvalue weighted by Crippen LogP contribution is -2.23. The number of alkyl halides is 3. The van der Waals surface area contributed by atoms with E-state index in [1.165, 1.54) is 23.5 Å². The van der Waals surface area contributed by atoms with E-state index in [-0.39, 0.29) is 23.4 Å². The normalized spacial score (nSPS) is 14.4. The van der Waals surface area contributed by atoms with Gasteiger partial charge in [-0.3, -0.25) is 14.5 Å². The van der Waals surface area contributed by atoms with Crippen LogP contribution in [0.15, 0.2) is 35.0 Å². The lowest BCUT2D eigenvalue weighted by Gasteiger charge is -2.10. The van der Waals surface area contributed by atoms with Crippen LogP contribution >= 0.6 is 22.7 Å². The van der Waals surface area contributed by atoms with Crippen molar-refractivity contribution in [3.05, 3.63) is 46.3 Å². The number of amides is 2. The summed E-state index contributed by atoms with van der Waals surface area (Å²) < 4.78 is 38.7. The maximum absolute atomic E-state index is 12.9. The predicted octanol–water partition coefficient (Wildman–Crippen LogP) is 4.59. The Morgan fingerprint density at radius 3 is 2.77 bits per heavy atom. The number of halogens is 3. The highest BCUT2D eigenvalue weighted by Gasteiger charge is 2.30. The Bertz CT molecular complexity index is 1090. The van der Waals surface area contributed by atoms with Crippen molar-refractivity contribution >= 4 is 44.8 Å². The molecule has 2 amide bonds. The van der Waals surface area contributed by atoms with E-state index in [0.717, 1.165) is 29.9 Å². The summed E-state index contributed by atoms with van der Waals surface area (Å²) in [5.41, 5.74) is 0.460. The molecular formula is C19H15F3N4O2S2. The van der Waals surface area contributed by atoms with E-state index in [0.29, 0.717) is 35.0 Å². The molecule has 3 aromatic rings. The van der Waals surface area contributed by atoms with Gasteiger partial charge in [-0.05, 0) is 18.6 Å². The van der Waals surface area contributed by atoms with Crippen LogP contribution in [0.1, 0.15) is 24.1 Å². The van der Waals surface area contributed by atoms with Gasteiger partial charge in [-0.1, -0.05) is 12.1 Å². The molecule has 30 heavy (non-hydrogen) atoms. The molecule has 0 aliphatic carbocycles. The second kappa shape index (κ2) is 8.15. The van der Waals surface area contributed by atoms with Crippen molar-refractivity contribution < 1.29 is 22.8 Å². The van der Waals surface area contributed by atoms with Gasteiger partial charge in [0.1, 0.15) is 0 Å². The molecule has 1 N–H and O–H groups in total. The van der Waals surface area contributed by atoms with Gasteiger partial charge >= 0.3 is 6.18 Å². The monoisotopic (exact) mass is 452 g/mol. The van der Waals surface area contributed by atoms with Gasteiger partial charge in [0.05, 0.1) is 23.4 Å². The summed E-state index contributed by atoms with van der Waals surface area (Å²) in [7, 11) is 0. The average molecular weight is 452 g/mol. The quantitative estimate of drug-likeness (QED) is 0.614. The topological polar surface area (TPSA) is 75.2 Å². The third kappa shape index (κ3) is 4.51. The minimum atomic E-state index is -4.44. The number of carbonyl (C=O) groups is 2.